The Morgan fingerprint density at radius 1 is 0.875 bits per heavy atom. The van der Waals surface area contributed by atoms with Crippen molar-refractivity contribution in [1.29, 1.82) is 0 Å². The van der Waals surface area contributed by atoms with Crippen LogP contribution in [-0.2, 0) is 0 Å². The van der Waals surface area contributed by atoms with Gasteiger partial charge in [0, 0.05) is 20.6 Å². The molecule has 0 atom stereocenters. The molecule has 158 valence electrons. The van der Waals surface area contributed by atoms with Crippen molar-refractivity contribution in [3.8, 4) is 22.8 Å². The number of aromatic nitrogens is 1. The van der Waals surface area contributed by atoms with Crippen LogP contribution >= 0.6 is 39.1 Å². The first-order valence-corrected chi connectivity index (χ1v) is 11.0. The molecule has 5 rings (SSSR count). The molecule has 0 unspecified atom stereocenters. The molecular weight excluding hydrogens is 515 g/mol. The second kappa shape index (κ2) is 8.47. The zero-order valence-electron chi connectivity index (χ0n) is 16.2. The fourth-order valence-electron chi connectivity index (χ4n) is 3.19. The van der Waals surface area contributed by atoms with Crippen LogP contribution in [0.1, 0.15) is 10.6 Å². The minimum Gasteiger partial charge on any atom is -0.451 e. The van der Waals surface area contributed by atoms with Crippen molar-refractivity contribution < 1.29 is 13.6 Å². The summed E-state index contributed by atoms with van der Waals surface area (Å²) in [5.74, 6) is 0.732. The largest absolute Gasteiger partial charge is 0.451 e. The average molecular weight is 528 g/mol. The van der Waals surface area contributed by atoms with Gasteiger partial charge in [-0.05, 0) is 60.7 Å². The van der Waals surface area contributed by atoms with Gasteiger partial charge in [0.15, 0.2) is 11.3 Å². The number of carbonyl (C=O) groups is 1. The van der Waals surface area contributed by atoms with Crippen LogP contribution < -0.4 is 5.32 Å². The molecule has 0 aliphatic heterocycles. The summed E-state index contributed by atoms with van der Waals surface area (Å²) in [4.78, 5) is 17.2. The van der Waals surface area contributed by atoms with Crippen molar-refractivity contribution in [2.75, 3.05) is 5.32 Å². The minimum atomic E-state index is -0.420. The summed E-state index contributed by atoms with van der Waals surface area (Å²) in [6.07, 6.45) is 0. The number of hydrogen-bond donors (Lipinski definition) is 1. The van der Waals surface area contributed by atoms with E-state index in [4.69, 9.17) is 32.0 Å². The van der Waals surface area contributed by atoms with Gasteiger partial charge in [-0.25, -0.2) is 4.98 Å². The zero-order chi connectivity index (χ0) is 22.2. The number of fused-ring (bicyclic) bond motifs is 1. The van der Waals surface area contributed by atoms with Crippen LogP contribution in [0.15, 0.2) is 86.1 Å². The summed E-state index contributed by atoms with van der Waals surface area (Å²) in [5, 5.41) is 3.74. The molecule has 5 nitrogen and oxygen atoms in total. The van der Waals surface area contributed by atoms with Crippen molar-refractivity contribution >= 4 is 61.8 Å². The Hall–Kier alpha value is -3.06. The monoisotopic (exact) mass is 526 g/mol. The van der Waals surface area contributed by atoms with E-state index in [1.54, 1.807) is 48.5 Å². The number of nitrogens with zero attached hydrogens (tertiary/aromatic N) is 1. The molecule has 5 aromatic rings. The third-order valence-electron chi connectivity index (χ3n) is 4.77. The molecule has 2 heterocycles. The van der Waals surface area contributed by atoms with Crippen molar-refractivity contribution in [3.05, 3.63) is 93.1 Å². The first-order valence-electron chi connectivity index (χ1n) is 9.49. The molecule has 0 aliphatic rings. The van der Waals surface area contributed by atoms with Crippen molar-refractivity contribution in [2.45, 2.75) is 0 Å². The molecule has 3 aromatic carbocycles. The summed E-state index contributed by atoms with van der Waals surface area (Å²) in [6, 6.07) is 21.3. The van der Waals surface area contributed by atoms with E-state index >= 15 is 0 Å². The van der Waals surface area contributed by atoms with Gasteiger partial charge in [-0.1, -0.05) is 51.3 Å². The zero-order valence-corrected chi connectivity index (χ0v) is 19.3. The Morgan fingerprint density at radius 2 is 1.66 bits per heavy atom. The first-order chi connectivity index (χ1) is 15.5. The Labute approximate surface area is 201 Å². The Morgan fingerprint density at radius 3 is 2.47 bits per heavy atom. The third-order valence-corrected chi connectivity index (χ3v) is 5.86. The molecule has 0 saturated heterocycles. The fourth-order valence-corrected chi connectivity index (χ4v) is 3.79. The number of furan rings is 1. The highest BCUT2D eigenvalue weighted by atomic mass is 79.9. The van der Waals surface area contributed by atoms with Crippen LogP contribution in [0.3, 0.4) is 0 Å². The number of benzene rings is 3. The predicted octanol–water partition coefficient (Wildman–Crippen LogP) is 8.08. The van der Waals surface area contributed by atoms with Crippen LogP contribution in [0.4, 0.5) is 5.69 Å². The van der Waals surface area contributed by atoms with Gasteiger partial charge < -0.3 is 14.2 Å². The average Bonchev–Trinajstić information content (AvgIpc) is 3.43. The fraction of sp³-hybridized carbons (Fsp3) is 0. The molecule has 32 heavy (non-hydrogen) atoms. The molecule has 0 aliphatic carbocycles. The molecule has 2 aromatic heterocycles. The van der Waals surface area contributed by atoms with E-state index in [0.717, 1.165) is 10.0 Å². The van der Waals surface area contributed by atoms with Crippen LogP contribution in [0.2, 0.25) is 10.0 Å². The maximum Gasteiger partial charge on any atom is 0.291 e. The first kappa shape index (κ1) is 20.8. The molecule has 1 amide bonds. The second-order valence-electron chi connectivity index (χ2n) is 6.95. The van der Waals surface area contributed by atoms with Crippen molar-refractivity contribution in [2.24, 2.45) is 0 Å². The van der Waals surface area contributed by atoms with E-state index in [0.29, 0.717) is 44.0 Å². The van der Waals surface area contributed by atoms with Gasteiger partial charge in [0.1, 0.15) is 11.3 Å². The number of anilines is 1. The number of amides is 1. The highest BCUT2D eigenvalue weighted by Gasteiger charge is 2.16. The Balaban J connectivity index is 1.40. The summed E-state index contributed by atoms with van der Waals surface area (Å²) in [5.41, 5.74) is 3.19. The van der Waals surface area contributed by atoms with Crippen LogP contribution in [0, 0.1) is 0 Å². The standard InChI is InChI=1S/C24H13BrCl2N2O3/c25-15-4-1-13(2-5-15)20-9-10-22(31-20)23(30)28-18-11-14(3-7-17(18)27)24-29-19-12-16(26)6-8-21(19)32-24/h1-12H,(H,28,30). The van der Waals surface area contributed by atoms with Crippen molar-refractivity contribution in [3.63, 3.8) is 0 Å². The van der Waals surface area contributed by atoms with Gasteiger partial charge >= 0.3 is 0 Å². The van der Waals surface area contributed by atoms with E-state index in [1.807, 2.05) is 24.3 Å². The lowest BCUT2D eigenvalue weighted by Crippen LogP contribution is -2.11. The van der Waals surface area contributed by atoms with Crippen LogP contribution in [-0.4, -0.2) is 10.9 Å². The number of rotatable bonds is 4. The van der Waals surface area contributed by atoms with Crippen LogP contribution in [0.25, 0.3) is 33.9 Å². The van der Waals surface area contributed by atoms with Gasteiger partial charge in [0.2, 0.25) is 5.89 Å². The smallest absolute Gasteiger partial charge is 0.291 e. The van der Waals surface area contributed by atoms with Gasteiger partial charge in [0.25, 0.3) is 5.91 Å². The van der Waals surface area contributed by atoms with Gasteiger partial charge in [-0.2, -0.15) is 0 Å². The summed E-state index contributed by atoms with van der Waals surface area (Å²) in [7, 11) is 0. The Bertz CT molecular complexity index is 1460. The molecule has 8 heteroatoms. The number of hydrogen-bond acceptors (Lipinski definition) is 4. The van der Waals surface area contributed by atoms with E-state index in [9.17, 15) is 4.79 Å². The SMILES string of the molecule is O=C(Nc1cc(-c2nc3cc(Cl)ccc3o2)ccc1Cl)c1ccc(-c2ccc(Br)cc2)o1. The quantitative estimate of drug-likeness (QED) is 0.256. The number of oxazole rings is 1. The van der Waals surface area contributed by atoms with Crippen molar-refractivity contribution in [1.82, 2.24) is 4.98 Å². The molecule has 0 spiro atoms. The van der Waals surface area contributed by atoms with E-state index in [-0.39, 0.29) is 5.76 Å². The molecular formula is C24H13BrCl2N2O3. The summed E-state index contributed by atoms with van der Waals surface area (Å²) < 4.78 is 12.5. The topological polar surface area (TPSA) is 68.3 Å². The molecule has 1 N–H and O–H groups in total. The van der Waals surface area contributed by atoms with E-state index in [1.165, 1.54) is 0 Å². The molecule has 0 radical (unpaired) electrons. The van der Waals surface area contributed by atoms with Gasteiger partial charge in [-0.3, -0.25) is 4.79 Å². The number of carbonyl (C=O) groups excluding carboxylic acids is 1. The normalized spacial score (nSPS) is 11.1. The maximum atomic E-state index is 12.8. The maximum absolute atomic E-state index is 12.8. The number of halogens is 3. The minimum absolute atomic E-state index is 0.167. The lowest BCUT2D eigenvalue weighted by Gasteiger charge is -2.07. The highest BCUT2D eigenvalue weighted by molar-refractivity contribution is 9.10. The number of nitrogens with one attached hydrogen (secondary N) is 1. The molecule has 0 bridgehead atoms. The lowest BCUT2D eigenvalue weighted by atomic mass is 10.2. The highest BCUT2D eigenvalue weighted by Crippen LogP contribution is 2.32. The van der Waals surface area contributed by atoms with Crippen LogP contribution in [0.5, 0.6) is 0 Å². The third kappa shape index (κ3) is 4.17. The van der Waals surface area contributed by atoms with E-state index in [2.05, 4.69) is 26.2 Å². The summed E-state index contributed by atoms with van der Waals surface area (Å²) in [6.45, 7) is 0. The summed E-state index contributed by atoms with van der Waals surface area (Å²) >= 11 is 15.7. The molecule has 0 fully saturated rings. The van der Waals surface area contributed by atoms with Gasteiger partial charge in [-0.15, -0.1) is 0 Å². The lowest BCUT2D eigenvalue weighted by molar-refractivity contribution is 0.0997. The Kier molecular flexibility index (Phi) is 5.51. The molecule has 0 saturated carbocycles. The van der Waals surface area contributed by atoms with Gasteiger partial charge in [0.05, 0.1) is 10.7 Å². The second-order valence-corrected chi connectivity index (χ2v) is 8.71. The van der Waals surface area contributed by atoms with E-state index < -0.39 is 5.91 Å². The predicted molar refractivity (Wildman–Crippen MR) is 129 cm³/mol.